The Kier molecular flexibility index (Phi) is 10.5. The third-order valence-corrected chi connectivity index (χ3v) is 2.95. The normalized spacial score (nSPS) is 10.1. The van der Waals surface area contributed by atoms with Crippen molar-refractivity contribution < 1.29 is 24.0 Å². The summed E-state index contributed by atoms with van der Waals surface area (Å²) in [7, 11) is 1.24. The maximum Gasteiger partial charge on any atom is 0.407 e. The highest BCUT2D eigenvalue weighted by Crippen LogP contribution is 2.25. The van der Waals surface area contributed by atoms with Crippen LogP contribution in [-0.4, -0.2) is 42.8 Å². The molecule has 1 aromatic rings. The van der Waals surface area contributed by atoms with Crippen molar-refractivity contribution in [3.05, 3.63) is 33.9 Å². The lowest BCUT2D eigenvalue weighted by molar-refractivity contribution is -0.384. The molecular weight excluding hydrogens is 354 g/mol. The first-order valence-corrected chi connectivity index (χ1v) is 8.71. The van der Waals surface area contributed by atoms with E-state index in [0.29, 0.717) is 19.5 Å². The largest absolute Gasteiger partial charge is 0.465 e. The van der Waals surface area contributed by atoms with Gasteiger partial charge in [0.25, 0.3) is 5.69 Å². The first kappa shape index (κ1) is 24.2. The predicted octanol–water partition coefficient (Wildman–Crippen LogP) is 3.73. The molecule has 152 valence electrons. The quantitative estimate of drug-likeness (QED) is 0.318. The number of anilines is 1. The highest BCUT2D eigenvalue weighted by Gasteiger charge is 2.17. The van der Waals surface area contributed by atoms with Crippen LogP contribution in [0.1, 0.15) is 51.4 Å². The number of methoxy groups -OCH3 is 1. The van der Waals surface area contributed by atoms with Crippen molar-refractivity contribution in [1.82, 2.24) is 5.32 Å². The second-order valence-corrected chi connectivity index (χ2v) is 6.19. The number of carbonyl (C=O) groups is 2. The Morgan fingerprint density at radius 1 is 1.19 bits per heavy atom. The van der Waals surface area contributed by atoms with Crippen LogP contribution in [0.2, 0.25) is 0 Å². The molecule has 0 unspecified atom stereocenters. The highest BCUT2D eigenvalue weighted by molar-refractivity contribution is 5.91. The van der Waals surface area contributed by atoms with Gasteiger partial charge in [0.1, 0.15) is 11.3 Å². The Hall–Kier alpha value is -2.84. The molecule has 0 fully saturated rings. The Bertz CT molecular complexity index is 640. The van der Waals surface area contributed by atoms with Crippen molar-refractivity contribution in [1.29, 1.82) is 0 Å². The van der Waals surface area contributed by atoms with Crippen molar-refractivity contribution in [3.8, 4) is 0 Å². The van der Waals surface area contributed by atoms with Gasteiger partial charge in [0.05, 0.1) is 17.6 Å². The summed E-state index contributed by atoms with van der Waals surface area (Å²) in [5, 5.41) is 16.5. The monoisotopic (exact) mass is 383 g/mol. The van der Waals surface area contributed by atoms with Gasteiger partial charge in [-0.25, -0.2) is 9.59 Å². The molecule has 0 bridgehead atoms. The lowest BCUT2D eigenvalue weighted by atomic mass is 10.1. The summed E-state index contributed by atoms with van der Waals surface area (Å²) in [6, 6.07) is 3.94. The molecule has 0 radical (unpaired) electrons. The fourth-order valence-electron chi connectivity index (χ4n) is 1.90. The average Bonchev–Trinajstić information content (AvgIpc) is 2.60. The molecule has 0 spiro atoms. The highest BCUT2D eigenvalue weighted by atomic mass is 16.6. The van der Waals surface area contributed by atoms with Crippen molar-refractivity contribution in [2.75, 3.05) is 25.5 Å². The van der Waals surface area contributed by atoms with Crippen LogP contribution < -0.4 is 10.6 Å². The van der Waals surface area contributed by atoms with Crippen LogP contribution in [-0.2, 0) is 9.47 Å². The Morgan fingerprint density at radius 3 is 2.33 bits per heavy atom. The standard InChI is InChI=1S/C16H23N3O6.C2H6/c1-16(2,3)25-15(21)18-9-5-8-17-12-10-11(14(20)24-4)6-7-13(12)19(22)23;1-2/h6-7,10,17H,5,8-9H2,1-4H3,(H,18,21);1-2H3. The van der Waals surface area contributed by atoms with E-state index >= 15 is 0 Å². The number of nitrogens with zero attached hydrogens (tertiary/aromatic N) is 1. The molecule has 1 aromatic carbocycles. The van der Waals surface area contributed by atoms with Gasteiger partial charge in [-0.2, -0.15) is 0 Å². The maximum atomic E-state index is 11.5. The van der Waals surface area contributed by atoms with Gasteiger partial charge in [0, 0.05) is 19.2 Å². The minimum Gasteiger partial charge on any atom is -0.465 e. The maximum absolute atomic E-state index is 11.5. The number of rotatable bonds is 7. The number of nitro groups is 1. The number of benzene rings is 1. The lowest BCUT2D eigenvalue weighted by Crippen LogP contribution is -2.33. The van der Waals surface area contributed by atoms with Crippen LogP contribution in [0.25, 0.3) is 0 Å². The summed E-state index contributed by atoms with van der Waals surface area (Å²) >= 11 is 0. The molecule has 27 heavy (non-hydrogen) atoms. The van der Waals surface area contributed by atoms with Crippen LogP contribution in [0.5, 0.6) is 0 Å². The van der Waals surface area contributed by atoms with Crippen molar-refractivity contribution in [2.45, 2.75) is 46.6 Å². The molecule has 0 aliphatic rings. The summed E-state index contributed by atoms with van der Waals surface area (Å²) < 4.78 is 9.70. The molecular formula is C18H29N3O6. The average molecular weight is 383 g/mol. The molecule has 0 saturated carbocycles. The smallest absolute Gasteiger partial charge is 0.407 e. The number of carbonyl (C=O) groups excluding carboxylic acids is 2. The zero-order valence-corrected chi connectivity index (χ0v) is 16.8. The molecule has 0 heterocycles. The first-order valence-electron chi connectivity index (χ1n) is 8.71. The van der Waals surface area contributed by atoms with Gasteiger partial charge in [-0.1, -0.05) is 13.8 Å². The Labute approximate surface area is 159 Å². The van der Waals surface area contributed by atoms with E-state index in [-0.39, 0.29) is 16.9 Å². The topological polar surface area (TPSA) is 120 Å². The molecule has 1 amide bonds. The fourth-order valence-corrected chi connectivity index (χ4v) is 1.90. The van der Waals surface area contributed by atoms with Gasteiger partial charge < -0.3 is 20.1 Å². The van der Waals surface area contributed by atoms with E-state index in [0.717, 1.165) is 0 Å². The second kappa shape index (κ2) is 11.7. The van der Waals surface area contributed by atoms with Crippen LogP contribution >= 0.6 is 0 Å². The Balaban J connectivity index is 0.00000326. The fraction of sp³-hybridized carbons (Fsp3) is 0.556. The van der Waals surface area contributed by atoms with E-state index in [1.165, 1.54) is 25.3 Å². The molecule has 0 atom stereocenters. The van der Waals surface area contributed by atoms with Crippen LogP contribution in [0, 0.1) is 10.1 Å². The van der Waals surface area contributed by atoms with Crippen LogP contribution in [0.4, 0.5) is 16.2 Å². The molecule has 0 aliphatic heterocycles. The van der Waals surface area contributed by atoms with E-state index in [1.807, 2.05) is 13.8 Å². The second-order valence-electron chi connectivity index (χ2n) is 6.19. The third-order valence-electron chi connectivity index (χ3n) is 2.95. The van der Waals surface area contributed by atoms with Crippen molar-refractivity contribution >= 4 is 23.4 Å². The molecule has 0 aromatic heterocycles. The number of nitrogens with one attached hydrogen (secondary N) is 2. The predicted molar refractivity (Wildman–Crippen MR) is 103 cm³/mol. The third kappa shape index (κ3) is 9.43. The number of nitro benzene ring substituents is 1. The van der Waals surface area contributed by atoms with Gasteiger partial charge in [-0.3, -0.25) is 10.1 Å². The van der Waals surface area contributed by atoms with Gasteiger partial charge >= 0.3 is 12.1 Å². The van der Waals surface area contributed by atoms with Crippen molar-refractivity contribution in [2.24, 2.45) is 0 Å². The Morgan fingerprint density at radius 2 is 1.81 bits per heavy atom. The van der Waals surface area contributed by atoms with Crippen molar-refractivity contribution in [3.63, 3.8) is 0 Å². The minimum atomic E-state index is -0.579. The minimum absolute atomic E-state index is 0.146. The molecule has 1 rings (SSSR count). The summed E-state index contributed by atoms with van der Waals surface area (Å²) in [6.45, 7) is 10.00. The zero-order valence-electron chi connectivity index (χ0n) is 16.8. The molecule has 0 saturated heterocycles. The molecule has 9 heteroatoms. The number of hydrogen-bond donors (Lipinski definition) is 2. The van der Waals surface area contributed by atoms with Gasteiger partial charge in [-0.15, -0.1) is 0 Å². The van der Waals surface area contributed by atoms with Gasteiger partial charge in [0.2, 0.25) is 0 Å². The van der Waals surface area contributed by atoms with E-state index in [2.05, 4.69) is 15.4 Å². The van der Waals surface area contributed by atoms with E-state index in [9.17, 15) is 19.7 Å². The summed E-state index contributed by atoms with van der Waals surface area (Å²) in [4.78, 5) is 33.5. The lowest BCUT2D eigenvalue weighted by Gasteiger charge is -2.19. The molecule has 0 aliphatic carbocycles. The van der Waals surface area contributed by atoms with Crippen LogP contribution in [0.15, 0.2) is 18.2 Å². The number of esters is 1. The summed E-state index contributed by atoms with van der Waals surface area (Å²) in [5.74, 6) is -0.579. The molecule has 9 nitrogen and oxygen atoms in total. The number of alkyl carbamates (subject to hydrolysis) is 1. The van der Waals surface area contributed by atoms with E-state index in [1.54, 1.807) is 20.8 Å². The summed E-state index contributed by atoms with van der Waals surface area (Å²) in [5.41, 5.74) is -0.294. The molecule has 2 N–H and O–H groups in total. The number of hydrogen-bond acceptors (Lipinski definition) is 7. The van der Waals surface area contributed by atoms with E-state index < -0.39 is 22.6 Å². The first-order chi connectivity index (χ1) is 12.6. The SMILES string of the molecule is CC.COC(=O)c1ccc([N+](=O)[O-])c(NCCCNC(=O)OC(C)(C)C)c1. The summed E-state index contributed by atoms with van der Waals surface area (Å²) in [6.07, 6.45) is -0.00932. The number of amides is 1. The van der Waals surface area contributed by atoms with Gasteiger partial charge in [0.15, 0.2) is 0 Å². The van der Waals surface area contributed by atoms with Gasteiger partial charge in [-0.05, 0) is 39.3 Å². The van der Waals surface area contributed by atoms with Crippen LogP contribution in [0.3, 0.4) is 0 Å². The van der Waals surface area contributed by atoms with E-state index in [4.69, 9.17) is 4.74 Å². The number of ether oxygens (including phenoxy) is 2. The zero-order chi connectivity index (χ0) is 21.0.